The smallest absolute Gasteiger partial charge is 0.248 e. The first-order chi connectivity index (χ1) is 11.3. The molecule has 2 N–H and O–H groups in total. The highest BCUT2D eigenvalue weighted by atomic mass is 16.3. The zero-order valence-electron chi connectivity index (χ0n) is 15.3. The molecule has 24 heavy (non-hydrogen) atoms. The SMILES string of the molecule is C/C(=C/C(=O)Nc1ccccc1N1CCC(CO)CC1)C(C)(C)C. The van der Waals surface area contributed by atoms with Gasteiger partial charge in [-0.05, 0) is 43.2 Å². The third-order valence-electron chi connectivity index (χ3n) is 4.91. The second kappa shape index (κ2) is 7.84. The van der Waals surface area contributed by atoms with Crippen LogP contribution in [-0.2, 0) is 4.79 Å². The molecule has 0 spiro atoms. The van der Waals surface area contributed by atoms with Crippen molar-refractivity contribution in [1.82, 2.24) is 0 Å². The molecule has 0 unspecified atom stereocenters. The van der Waals surface area contributed by atoms with Crippen molar-refractivity contribution in [2.75, 3.05) is 29.9 Å². The highest BCUT2D eigenvalue weighted by molar-refractivity contribution is 6.02. The lowest BCUT2D eigenvalue weighted by atomic mass is 9.87. The topological polar surface area (TPSA) is 52.6 Å². The minimum Gasteiger partial charge on any atom is -0.396 e. The summed E-state index contributed by atoms with van der Waals surface area (Å²) in [5, 5.41) is 12.3. The maximum Gasteiger partial charge on any atom is 0.248 e. The molecule has 0 aliphatic carbocycles. The number of amides is 1. The van der Waals surface area contributed by atoms with Gasteiger partial charge in [0.2, 0.25) is 5.91 Å². The number of hydrogen-bond donors (Lipinski definition) is 2. The lowest BCUT2D eigenvalue weighted by molar-refractivity contribution is -0.112. The van der Waals surface area contributed by atoms with Crippen molar-refractivity contribution in [2.24, 2.45) is 11.3 Å². The summed E-state index contributed by atoms with van der Waals surface area (Å²) in [6.07, 6.45) is 3.67. The van der Waals surface area contributed by atoms with E-state index in [1.54, 1.807) is 6.08 Å². The van der Waals surface area contributed by atoms with Crippen molar-refractivity contribution in [3.05, 3.63) is 35.9 Å². The third-order valence-corrected chi connectivity index (χ3v) is 4.91. The summed E-state index contributed by atoms with van der Waals surface area (Å²) < 4.78 is 0. The van der Waals surface area contributed by atoms with Gasteiger partial charge in [0.05, 0.1) is 11.4 Å². The van der Waals surface area contributed by atoms with Gasteiger partial charge >= 0.3 is 0 Å². The number of aliphatic hydroxyl groups is 1. The lowest BCUT2D eigenvalue weighted by Crippen LogP contribution is -2.35. The molecule has 0 bridgehead atoms. The maximum absolute atomic E-state index is 12.4. The number of benzene rings is 1. The molecule has 4 nitrogen and oxygen atoms in total. The van der Waals surface area contributed by atoms with E-state index in [0.29, 0.717) is 5.92 Å². The monoisotopic (exact) mass is 330 g/mol. The second-order valence-corrected chi connectivity index (χ2v) is 7.70. The summed E-state index contributed by atoms with van der Waals surface area (Å²) in [5.74, 6) is 0.320. The number of allylic oxidation sites excluding steroid dienone is 1. The Morgan fingerprint density at radius 3 is 2.50 bits per heavy atom. The van der Waals surface area contributed by atoms with E-state index in [1.807, 2.05) is 25.1 Å². The van der Waals surface area contributed by atoms with Crippen LogP contribution in [-0.4, -0.2) is 30.7 Å². The Labute approximate surface area is 145 Å². The van der Waals surface area contributed by atoms with Gasteiger partial charge in [0.1, 0.15) is 0 Å². The van der Waals surface area contributed by atoms with E-state index in [2.05, 4.69) is 37.1 Å². The fourth-order valence-electron chi connectivity index (χ4n) is 2.79. The van der Waals surface area contributed by atoms with Crippen LogP contribution in [0.25, 0.3) is 0 Å². The molecule has 2 rings (SSSR count). The Morgan fingerprint density at radius 2 is 1.92 bits per heavy atom. The average molecular weight is 330 g/mol. The first-order valence-corrected chi connectivity index (χ1v) is 8.76. The average Bonchev–Trinajstić information content (AvgIpc) is 2.54. The van der Waals surface area contributed by atoms with Gasteiger partial charge in [-0.25, -0.2) is 0 Å². The summed E-state index contributed by atoms with van der Waals surface area (Å²) in [6.45, 7) is 10.4. The number of nitrogens with zero attached hydrogens (tertiary/aromatic N) is 1. The zero-order valence-corrected chi connectivity index (χ0v) is 15.3. The molecule has 0 radical (unpaired) electrons. The normalized spacial score (nSPS) is 17.0. The quantitative estimate of drug-likeness (QED) is 0.825. The van der Waals surface area contributed by atoms with Crippen LogP contribution in [0.1, 0.15) is 40.5 Å². The first kappa shape index (κ1) is 18.5. The van der Waals surface area contributed by atoms with Gasteiger partial charge in [-0.1, -0.05) is 38.5 Å². The number of hydrogen-bond acceptors (Lipinski definition) is 3. The van der Waals surface area contributed by atoms with E-state index in [-0.39, 0.29) is 17.9 Å². The number of para-hydroxylation sites is 2. The second-order valence-electron chi connectivity index (χ2n) is 7.70. The van der Waals surface area contributed by atoms with Crippen molar-refractivity contribution in [3.63, 3.8) is 0 Å². The zero-order chi connectivity index (χ0) is 17.7. The summed E-state index contributed by atoms with van der Waals surface area (Å²) in [7, 11) is 0. The van der Waals surface area contributed by atoms with E-state index >= 15 is 0 Å². The first-order valence-electron chi connectivity index (χ1n) is 8.76. The van der Waals surface area contributed by atoms with E-state index in [9.17, 15) is 9.90 Å². The van der Waals surface area contributed by atoms with Crippen molar-refractivity contribution >= 4 is 17.3 Å². The van der Waals surface area contributed by atoms with Crippen LogP contribution in [0.3, 0.4) is 0 Å². The van der Waals surface area contributed by atoms with E-state index in [4.69, 9.17) is 0 Å². The predicted octanol–water partition coefficient (Wildman–Crippen LogP) is 3.83. The Kier molecular flexibility index (Phi) is 6.05. The molecule has 1 heterocycles. The largest absolute Gasteiger partial charge is 0.396 e. The lowest BCUT2D eigenvalue weighted by Gasteiger charge is -2.34. The van der Waals surface area contributed by atoms with Gasteiger partial charge in [0.25, 0.3) is 0 Å². The highest BCUT2D eigenvalue weighted by Crippen LogP contribution is 2.30. The number of anilines is 2. The third kappa shape index (κ3) is 4.84. The minimum atomic E-state index is -0.0832. The standard InChI is InChI=1S/C20H30N2O2/c1-15(20(2,3)4)13-19(24)21-17-7-5-6-8-18(17)22-11-9-16(14-23)10-12-22/h5-8,13,16,23H,9-12,14H2,1-4H3,(H,21,24)/b15-13-. The number of rotatable bonds is 4. The van der Waals surface area contributed by atoms with Gasteiger partial charge in [0.15, 0.2) is 0 Å². The van der Waals surface area contributed by atoms with Crippen LogP contribution in [0, 0.1) is 11.3 Å². The van der Waals surface area contributed by atoms with Crippen molar-refractivity contribution < 1.29 is 9.90 Å². The molecule has 0 atom stereocenters. The van der Waals surface area contributed by atoms with Crippen LogP contribution in [0.2, 0.25) is 0 Å². The predicted molar refractivity (Wildman–Crippen MR) is 100 cm³/mol. The Morgan fingerprint density at radius 1 is 1.29 bits per heavy atom. The molecular formula is C20H30N2O2. The van der Waals surface area contributed by atoms with Gasteiger partial charge in [-0.2, -0.15) is 0 Å². The Hall–Kier alpha value is -1.81. The fraction of sp³-hybridized carbons (Fsp3) is 0.550. The molecule has 0 aromatic heterocycles. The summed E-state index contributed by atoms with van der Waals surface area (Å²) in [5.41, 5.74) is 2.96. The summed E-state index contributed by atoms with van der Waals surface area (Å²) >= 11 is 0. The number of nitrogens with one attached hydrogen (secondary N) is 1. The molecule has 1 aromatic carbocycles. The molecule has 132 valence electrons. The molecule has 1 amide bonds. The molecular weight excluding hydrogens is 300 g/mol. The van der Waals surface area contributed by atoms with E-state index < -0.39 is 0 Å². The van der Waals surface area contributed by atoms with Gasteiger partial charge < -0.3 is 15.3 Å². The highest BCUT2D eigenvalue weighted by Gasteiger charge is 2.21. The van der Waals surface area contributed by atoms with Crippen molar-refractivity contribution in [2.45, 2.75) is 40.5 Å². The van der Waals surface area contributed by atoms with Crippen LogP contribution >= 0.6 is 0 Å². The number of aliphatic hydroxyl groups excluding tert-OH is 1. The van der Waals surface area contributed by atoms with Crippen molar-refractivity contribution in [1.29, 1.82) is 0 Å². The van der Waals surface area contributed by atoms with Gasteiger partial charge in [-0.3, -0.25) is 4.79 Å². The van der Waals surface area contributed by atoms with Crippen LogP contribution in [0.15, 0.2) is 35.9 Å². The number of piperidine rings is 1. The maximum atomic E-state index is 12.4. The Bertz CT molecular complexity index is 594. The molecule has 1 saturated heterocycles. The molecule has 4 heteroatoms. The van der Waals surface area contributed by atoms with Crippen LogP contribution in [0.4, 0.5) is 11.4 Å². The summed E-state index contributed by atoms with van der Waals surface area (Å²) in [4.78, 5) is 14.7. The molecule has 1 aliphatic heterocycles. The van der Waals surface area contributed by atoms with Crippen LogP contribution < -0.4 is 10.2 Å². The minimum absolute atomic E-state index is 0.0109. The number of carbonyl (C=O) groups excluding carboxylic acids is 1. The van der Waals surface area contributed by atoms with E-state index in [0.717, 1.165) is 42.9 Å². The fourth-order valence-corrected chi connectivity index (χ4v) is 2.79. The molecule has 0 saturated carbocycles. The Balaban J connectivity index is 2.11. The van der Waals surface area contributed by atoms with Crippen LogP contribution in [0.5, 0.6) is 0 Å². The van der Waals surface area contributed by atoms with E-state index in [1.165, 1.54) is 0 Å². The van der Waals surface area contributed by atoms with Gasteiger partial charge in [0, 0.05) is 25.8 Å². The molecule has 1 fully saturated rings. The summed E-state index contributed by atoms with van der Waals surface area (Å²) in [6, 6.07) is 7.94. The number of carbonyl (C=O) groups is 1. The molecule has 1 aliphatic rings. The van der Waals surface area contributed by atoms with Crippen molar-refractivity contribution in [3.8, 4) is 0 Å². The van der Waals surface area contributed by atoms with Gasteiger partial charge in [-0.15, -0.1) is 0 Å². The molecule has 1 aromatic rings.